The normalized spacial score (nSPS) is 12.8. The Morgan fingerprint density at radius 1 is 0.296 bits per heavy atom. The number of benzene rings is 12. The van der Waals surface area contributed by atoms with Crippen LogP contribution in [0.1, 0.15) is 25.0 Å². The van der Waals surface area contributed by atoms with Gasteiger partial charge in [-0.2, -0.15) is 0 Å². The summed E-state index contributed by atoms with van der Waals surface area (Å²) in [6.07, 6.45) is 0. The Morgan fingerprint density at radius 2 is 0.831 bits per heavy atom. The number of rotatable bonds is 7. The lowest BCUT2D eigenvalue weighted by atomic mass is 9.82. The number of fused-ring (bicyclic) bond motifs is 10. The van der Waals surface area contributed by atoms with Crippen molar-refractivity contribution in [3.05, 3.63) is 266 Å². The second-order valence-corrected chi connectivity index (χ2v) is 19.6. The Labute approximate surface area is 414 Å². The predicted octanol–water partition coefficient (Wildman–Crippen LogP) is 19.0. The lowest BCUT2D eigenvalue weighted by molar-refractivity contribution is 0.660. The molecule has 0 atom stereocenters. The van der Waals surface area contributed by atoms with Crippen molar-refractivity contribution in [3.8, 4) is 50.2 Å². The third-order valence-electron chi connectivity index (χ3n) is 15.4. The molecule has 0 unspecified atom stereocenters. The smallest absolute Gasteiger partial charge is 0.0541 e. The molecule has 0 amide bonds. The Morgan fingerprint density at radius 3 is 1.62 bits per heavy atom. The van der Waals surface area contributed by atoms with Crippen LogP contribution in [0.25, 0.3) is 104 Å². The first kappa shape index (κ1) is 41.0. The number of hydrogen-bond acceptors (Lipinski definition) is 1. The van der Waals surface area contributed by atoms with Crippen LogP contribution in [0.5, 0.6) is 0 Å². The number of nitrogens with zero attached hydrogens (tertiary/aromatic N) is 2. The van der Waals surface area contributed by atoms with E-state index >= 15 is 0 Å². The van der Waals surface area contributed by atoms with Crippen molar-refractivity contribution < 1.29 is 0 Å². The van der Waals surface area contributed by atoms with E-state index in [1.165, 1.54) is 104 Å². The van der Waals surface area contributed by atoms with Crippen molar-refractivity contribution in [1.29, 1.82) is 0 Å². The molecule has 14 rings (SSSR count). The van der Waals surface area contributed by atoms with Crippen LogP contribution in [0.4, 0.5) is 17.1 Å². The number of hydrogen-bond donors (Lipinski definition) is 0. The minimum Gasteiger partial charge on any atom is -0.310 e. The van der Waals surface area contributed by atoms with Crippen LogP contribution in [0.15, 0.2) is 255 Å². The van der Waals surface area contributed by atoms with Crippen LogP contribution in [0, 0.1) is 0 Å². The topological polar surface area (TPSA) is 8.17 Å². The summed E-state index contributed by atoms with van der Waals surface area (Å²) in [6, 6.07) is 94.2. The first-order chi connectivity index (χ1) is 35.0. The standard InChI is InChI=1S/C69H48N2/c1-69(2)64-27-12-9-24-59(64)60-40-39-52(44-65(60)69)70(50-35-30-46(31-36-50)54-26-15-18-45-16-3-5-19-53(45)54)51-37-32-47(33-38-51)56-21-10-13-28-66(56)71-67-29-14-11-25-61(67)63-43-49(34-41-68(63)71)62-42-48-17-4-6-20-55(48)57-22-7-8-23-58(57)62/h3-44H,1-2H3. The van der Waals surface area contributed by atoms with E-state index in [0.29, 0.717) is 0 Å². The van der Waals surface area contributed by atoms with Crippen molar-refractivity contribution in [2.75, 3.05) is 4.90 Å². The minimum absolute atomic E-state index is 0.126. The van der Waals surface area contributed by atoms with E-state index in [9.17, 15) is 0 Å². The quantitative estimate of drug-likeness (QED) is 0.145. The maximum absolute atomic E-state index is 2.46. The first-order valence-corrected chi connectivity index (χ1v) is 24.7. The second kappa shape index (κ2) is 16.1. The molecular weight excluding hydrogens is 857 g/mol. The van der Waals surface area contributed by atoms with Gasteiger partial charge in [0.2, 0.25) is 0 Å². The minimum atomic E-state index is -0.126. The summed E-state index contributed by atoms with van der Waals surface area (Å²) < 4.78 is 2.46. The first-order valence-electron chi connectivity index (χ1n) is 24.7. The summed E-state index contributed by atoms with van der Waals surface area (Å²) in [6.45, 7) is 4.72. The highest BCUT2D eigenvalue weighted by molar-refractivity contribution is 6.16. The molecule has 0 saturated carbocycles. The van der Waals surface area contributed by atoms with E-state index < -0.39 is 0 Å². The molecule has 1 heterocycles. The third kappa shape index (κ3) is 6.49. The van der Waals surface area contributed by atoms with E-state index in [1.807, 2.05) is 0 Å². The molecule has 1 aliphatic carbocycles. The molecule has 0 fully saturated rings. The molecule has 0 N–H and O–H groups in total. The van der Waals surface area contributed by atoms with Gasteiger partial charge in [-0.05, 0) is 149 Å². The van der Waals surface area contributed by atoms with Gasteiger partial charge in [0.05, 0.1) is 16.7 Å². The number of aromatic nitrogens is 1. The van der Waals surface area contributed by atoms with E-state index in [2.05, 4.69) is 278 Å². The van der Waals surface area contributed by atoms with Crippen LogP contribution >= 0.6 is 0 Å². The van der Waals surface area contributed by atoms with Crippen molar-refractivity contribution in [2.45, 2.75) is 19.3 Å². The fraction of sp³-hybridized carbons (Fsp3) is 0.0435. The Balaban J connectivity index is 0.882. The zero-order chi connectivity index (χ0) is 47.2. The monoisotopic (exact) mass is 904 g/mol. The fourth-order valence-electron chi connectivity index (χ4n) is 11.9. The fourth-order valence-corrected chi connectivity index (χ4v) is 11.9. The van der Waals surface area contributed by atoms with Crippen LogP contribution in [0.3, 0.4) is 0 Å². The average Bonchev–Trinajstić information content (AvgIpc) is 3.88. The van der Waals surface area contributed by atoms with Gasteiger partial charge in [-0.25, -0.2) is 0 Å². The molecule has 0 radical (unpaired) electrons. The van der Waals surface area contributed by atoms with Crippen LogP contribution in [-0.2, 0) is 5.41 Å². The highest BCUT2D eigenvalue weighted by Crippen LogP contribution is 2.51. The third-order valence-corrected chi connectivity index (χ3v) is 15.4. The Kier molecular flexibility index (Phi) is 9.28. The highest BCUT2D eigenvalue weighted by Gasteiger charge is 2.36. The molecule has 0 saturated heterocycles. The van der Waals surface area contributed by atoms with Gasteiger partial charge in [0.1, 0.15) is 0 Å². The summed E-state index contributed by atoms with van der Waals surface area (Å²) in [7, 11) is 0. The molecule has 1 aliphatic rings. The van der Waals surface area contributed by atoms with E-state index in [-0.39, 0.29) is 5.41 Å². The predicted molar refractivity (Wildman–Crippen MR) is 302 cm³/mol. The molecule has 71 heavy (non-hydrogen) atoms. The number of anilines is 3. The van der Waals surface area contributed by atoms with Gasteiger partial charge >= 0.3 is 0 Å². The van der Waals surface area contributed by atoms with Gasteiger partial charge in [-0.15, -0.1) is 0 Å². The molecule has 1 aromatic heterocycles. The van der Waals surface area contributed by atoms with Crippen LogP contribution < -0.4 is 4.90 Å². The molecular formula is C69H48N2. The molecule has 0 spiro atoms. The van der Waals surface area contributed by atoms with Gasteiger partial charge in [0, 0.05) is 38.8 Å². The molecule has 2 heteroatoms. The molecule has 2 nitrogen and oxygen atoms in total. The molecule has 13 aromatic rings. The van der Waals surface area contributed by atoms with E-state index in [1.54, 1.807) is 0 Å². The van der Waals surface area contributed by atoms with E-state index in [4.69, 9.17) is 0 Å². The van der Waals surface area contributed by atoms with Gasteiger partial charge < -0.3 is 9.47 Å². The zero-order valence-corrected chi connectivity index (χ0v) is 39.6. The Bertz CT molecular complexity index is 4240. The maximum atomic E-state index is 2.46. The summed E-state index contributed by atoms with van der Waals surface area (Å²) in [4.78, 5) is 2.42. The van der Waals surface area contributed by atoms with Crippen molar-refractivity contribution in [3.63, 3.8) is 0 Å². The van der Waals surface area contributed by atoms with Crippen LogP contribution in [-0.4, -0.2) is 4.57 Å². The number of para-hydroxylation sites is 2. The highest BCUT2D eigenvalue weighted by atomic mass is 15.1. The molecule has 0 aliphatic heterocycles. The molecule has 0 bridgehead atoms. The van der Waals surface area contributed by atoms with Gasteiger partial charge in [-0.3, -0.25) is 0 Å². The maximum Gasteiger partial charge on any atom is 0.0541 e. The summed E-state index contributed by atoms with van der Waals surface area (Å²) in [5.41, 5.74) is 19.4. The van der Waals surface area contributed by atoms with Crippen LogP contribution in [0.2, 0.25) is 0 Å². The lowest BCUT2D eigenvalue weighted by Crippen LogP contribution is -2.16. The lowest BCUT2D eigenvalue weighted by Gasteiger charge is -2.28. The van der Waals surface area contributed by atoms with Crippen molar-refractivity contribution in [1.82, 2.24) is 4.57 Å². The summed E-state index contributed by atoms with van der Waals surface area (Å²) in [5, 5.41) is 10.1. The van der Waals surface area contributed by atoms with Crippen molar-refractivity contribution in [2.24, 2.45) is 0 Å². The molecule has 334 valence electrons. The summed E-state index contributed by atoms with van der Waals surface area (Å²) in [5.74, 6) is 0. The zero-order valence-electron chi connectivity index (χ0n) is 39.6. The largest absolute Gasteiger partial charge is 0.310 e. The molecule has 12 aromatic carbocycles. The van der Waals surface area contributed by atoms with Gasteiger partial charge in [-0.1, -0.05) is 202 Å². The Hall–Kier alpha value is -8.98. The van der Waals surface area contributed by atoms with E-state index in [0.717, 1.165) is 28.3 Å². The summed E-state index contributed by atoms with van der Waals surface area (Å²) >= 11 is 0. The SMILES string of the molecule is CC1(C)c2ccccc2-c2ccc(N(c3ccc(-c4ccccc4-n4c5ccccc5c5cc(-c6cc7ccccc7c7ccccc67)ccc54)cc3)c3ccc(-c4cccc5ccccc45)cc3)cc21. The van der Waals surface area contributed by atoms with Gasteiger partial charge in [0.25, 0.3) is 0 Å². The average molecular weight is 905 g/mol. The second-order valence-electron chi connectivity index (χ2n) is 19.6. The van der Waals surface area contributed by atoms with Gasteiger partial charge in [0.15, 0.2) is 0 Å². The van der Waals surface area contributed by atoms with Crippen molar-refractivity contribution >= 4 is 71.2 Å².